The van der Waals surface area contributed by atoms with Crippen LogP contribution in [0.5, 0.6) is 0 Å². The Morgan fingerprint density at radius 3 is 2.42 bits per heavy atom. The highest BCUT2D eigenvalue weighted by Crippen LogP contribution is 2.46. The van der Waals surface area contributed by atoms with Crippen LogP contribution in [0.2, 0.25) is 5.02 Å². The predicted octanol–water partition coefficient (Wildman–Crippen LogP) is 4.73. The van der Waals surface area contributed by atoms with E-state index in [1.807, 2.05) is 36.4 Å². The van der Waals surface area contributed by atoms with Gasteiger partial charge in [-0.2, -0.15) is 0 Å². The van der Waals surface area contributed by atoms with E-state index in [9.17, 15) is 9.50 Å². The third kappa shape index (κ3) is 5.95. The molecular formula is C27H36ClFN2O2. The summed E-state index contributed by atoms with van der Waals surface area (Å²) in [4.78, 5) is 4.97. The van der Waals surface area contributed by atoms with Crippen LogP contribution in [-0.4, -0.2) is 66.9 Å². The molecule has 0 amide bonds. The van der Waals surface area contributed by atoms with Crippen molar-refractivity contribution in [3.8, 4) is 0 Å². The minimum absolute atomic E-state index is 0.130. The van der Waals surface area contributed by atoms with Crippen molar-refractivity contribution in [3.05, 3.63) is 70.5 Å². The number of likely N-dealkylation sites (tertiary alicyclic amines) is 1. The van der Waals surface area contributed by atoms with E-state index in [0.717, 1.165) is 69.8 Å². The van der Waals surface area contributed by atoms with Gasteiger partial charge in [0, 0.05) is 56.3 Å². The fourth-order valence-corrected chi connectivity index (χ4v) is 5.47. The molecule has 0 saturated carbocycles. The molecule has 0 bridgehead atoms. The highest BCUT2D eigenvalue weighted by molar-refractivity contribution is 6.30. The number of hydrogen-bond donors (Lipinski definition) is 1. The fourth-order valence-electron chi connectivity index (χ4n) is 5.34. The normalized spacial score (nSPS) is 26.8. The zero-order chi connectivity index (χ0) is 23.5. The molecule has 33 heavy (non-hydrogen) atoms. The van der Waals surface area contributed by atoms with Crippen LogP contribution >= 0.6 is 11.6 Å². The number of nitrogens with zero attached hydrogens (tertiary/aromatic N) is 2. The summed E-state index contributed by atoms with van der Waals surface area (Å²) in [6.07, 6.45) is 2.67. The second-order valence-corrected chi connectivity index (χ2v) is 10.7. The van der Waals surface area contributed by atoms with Gasteiger partial charge in [0.25, 0.3) is 0 Å². The van der Waals surface area contributed by atoms with Gasteiger partial charge in [0.05, 0.1) is 11.7 Å². The van der Waals surface area contributed by atoms with Crippen molar-refractivity contribution in [1.82, 2.24) is 9.80 Å². The van der Waals surface area contributed by atoms with Crippen LogP contribution in [0.3, 0.4) is 0 Å². The average molecular weight is 475 g/mol. The Morgan fingerprint density at radius 1 is 1.03 bits per heavy atom. The number of benzene rings is 2. The number of halogens is 2. The summed E-state index contributed by atoms with van der Waals surface area (Å²) in [5.41, 5.74) is 0.934. The van der Waals surface area contributed by atoms with Gasteiger partial charge in [-0.15, -0.1) is 0 Å². The molecule has 2 aliphatic rings. The van der Waals surface area contributed by atoms with Crippen LogP contribution in [0.1, 0.15) is 37.8 Å². The Labute approximate surface area is 202 Å². The smallest absolute Gasteiger partial charge is 0.123 e. The first-order chi connectivity index (χ1) is 15.7. The van der Waals surface area contributed by atoms with E-state index in [1.54, 1.807) is 0 Å². The second kappa shape index (κ2) is 10.4. The summed E-state index contributed by atoms with van der Waals surface area (Å²) in [7, 11) is 0. The average Bonchev–Trinajstić information content (AvgIpc) is 3.01. The quantitative estimate of drug-likeness (QED) is 0.656. The molecule has 0 aliphatic carbocycles. The van der Waals surface area contributed by atoms with Crippen LogP contribution in [-0.2, 0) is 16.8 Å². The van der Waals surface area contributed by atoms with E-state index in [-0.39, 0.29) is 17.3 Å². The summed E-state index contributed by atoms with van der Waals surface area (Å²) in [5.74, 6) is -0.199. The molecule has 2 heterocycles. The van der Waals surface area contributed by atoms with E-state index in [4.69, 9.17) is 16.3 Å². The topological polar surface area (TPSA) is 35.9 Å². The Bertz CT molecular complexity index is 905. The lowest BCUT2D eigenvalue weighted by molar-refractivity contribution is -0.126. The largest absolute Gasteiger partial charge is 0.385 e. The van der Waals surface area contributed by atoms with E-state index in [0.29, 0.717) is 11.4 Å². The maximum absolute atomic E-state index is 13.2. The molecular weight excluding hydrogens is 439 g/mol. The molecule has 1 N–H and O–H groups in total. The number of ether oxygens (including phenoxy) is 1. The van der Waals surface area contributed by atoms with Crippen molar-refractivity contribution in [3.63, 3.8) is 0 Å². The SMILES string of the molecule is CC1(C)CN(CCN2CCCO[C@H](Cc3ccc(F)cc3)C2)CC[C@]1(O)c1ccc(Cl)cc1. The lowest BCUT2D eigenvalue weighted by Crippen LogP contribution is -2.56. The molecule has 6 heteroatoms. The van der Waals surface area contributed by atoms with Gasteiger partial charge in [-0.3, -0.25) is 4.90 Å². The Kier molecular flexibility index (Phi) is 7.76. The maximum atomic E-state index is 13.2. The highest BCUT2D eigenvalue weighted by Gasteiger charge is 2.48. The van der Waals surface area contributed by atoms with Gasteiger partial charge in [-0.1, -0.05) is 49.7 Å². The molecule has 0 spiro atoms. The summed E-state index contributed by atoms with van der Waals surface area (Å²) in [5, 5.41) is 12.3. The fraction of sp³-hybridized carbons (Fsp3) is 0.556. The molecule has 0 radical (unpaired) electrons. The van der Waals surface area contributed by atoms with Crippen LogP contribution in [0, 0.1) is 11.2 Å². The molecule has 2 aliphatic heterocycles. The highest BCUT2D eigenvalue weighted by atomic mass is 35.5. The summed E-state index contributed by atoms with van der Waals surface area (Å²) in [6.45, 7) is 10.7. The molecule has 180 valence electrons. The molecule has 4 rings (SSSR count). The molecule has 0 unspecified atom stereocenters. The molecule has 2 atom stereocenters. The first kappa shape index (κ1) is 24.6. The number of rotatable bonds is 6. The van der Waals surface area contributed by atoms with Gasteiger partial charge < -0.3 is 14.7 Å². The molecule has 2 fully saturated rings. The van der Waals surface area contributed by atoms with E-state index >= 15 is 0 Å². The van der Waals surface area contributed by atoms with Crippen molar-refractivity contribution >= 4 is 11.6 Å². The van der Waals surface area contributed by atoms with Gasteiger partial charge in [0.1, 0.15) is 5.82 Å². The first-order valence-corrected chi connectivity index (χ1v) is 12.4. The molecule has 2 aromatic carbocycles. The first-order valence-electron chi connectivity index (χ1n) is 12.0. The standard InChI is InChI=1S/C27H36ClFN2O2/c1-26(2)20-31(14-12-27(26,32)22-6-8-23(28)9-7-22)16-15-30-13-3-17-33-25(19-30)18-21-4-10-24(29)11-5-21/h4-11,25,32H,3,12-20H2,1-2H3/t25-,27+/m1/s1. The van der Waals surface area contributed by atoms with Crippen LogP contribution in [0.25, 0.3) is 0 Å². The van der Waals surface area contributed by atoms with Crippen molar-refractivity contribution in [1.29, 1.82) is 0 Å². The minimum Gasteiger partial charge on any atom is -0.385 e. The van der Waals surface area contributed by atoms with Crippen LogP contribution < -0.4 is 0 Å². The van der Waals surface area contributed by atoms with Gasteiger partial charge >= 0.3 is 0 Å². The van der Waals surface area contributed by atoms with Gasteiger partial charge in [0.15, 0.2) is 0 Å². The molecule has 0 aromatic heterocycles. The van der Waals surface area contributed by atoms with Crippen molar-refractivity contribution in [2.24, 2.45) is 5.41 Å². The van der Waals surface area contributed by atoms with E-state index in [1.165, 1.54) is 12.1 Å². The van der Waals surface area contributed by atoms with E-state index in [2.05, 4.69) is 23.6 Å². The molecule has 2 aromatic rings. The predicted molar refractivity (Wildman–Crippen MR) is 131 cm³/mol. The van der Waals surface area contributed by atoms with Crippen molar-refractivity contribution in [2.45, 2.75) is 44.8 Å². The summed E-state index contributed by atoms with van der Waals surface area (Å²) in [6, 6.07) is 14.4. The zero-order valence-corrected chi connectivity index (χ0v) is 20.5. The lowest BCUT2D eigenvalue weighted by Gasteiger charge is -2.51. The van der Waals surface area contributed by atoms with Gasteiger partial charge in [0.2, 0.25) is 0 Å². The minimum atomic E-state index is -0.856. The van der Waals surface area contributed by atoms with Crippen molar-refractivity contribution < 1.29 is 14.2 Å². The third-order valence-corrected chi connectivity index (χ3v) is 7.65. The lowest BCUT2D eigenvalue weighted by atomic mass is 9.66. The Hall–Kier alpha value is -1.50. The van der Waals surface area contributed by atoms with Gasteiger partial charge in [-0.25, -0.2) is 4.39 Å². The van der Waals surface area contributed by atoms with Gasteiger partial charge in [-0.05, 0) is 54.7 Å². The second-order valence-electron chi connectivity index (χ2n) is 10.3. The molecule has 2 saturated heterocycles. The van der Waals surface area contributed by atoms with Crippen LogP contribution in [0.15, 0.2) is 48.5 Å². The molecule has 4 nitrogen and oxygen atoms in total. The number of aliphatic hydroxyl groups is 1. The monoisotopic (exact) mass is 474 g/mol. The number of piperidine rings is 1. The Balaban J connectivity index is 1.32. The Morgan fingerprint density at radius 2 is 1.73 bits per heavy atom. The summed E-state index contributed by atoms with van der Waals surface area (Å²) < 4.78 is 19.3. The van der Waals surface area contributed by atoms with Crippen LogP contribution in [0.4, 0.5) is 4.39 Å². The third-order valence-electron chi connectivity index (χ3n) is 7.39. The maximum Gasteiger partial charge on any atom is 0.123 e. The summed E-state index contributed by atoms with van der Waals surface area (Å²) >= 11 is 6.06. The van der Waals surface area contributed by atoms with E-state index < -0.39 is 5.60 Å². The number of hydrogen-bond acceptors (Lipinski definition) is 4. The zero-order valence-electron chi connectivity index (χ0n) is 19.8. The van der Waals surface area contributed by atoms with Crippen molar-refractivity contribution in [2.75, 3.05) is 45.9 Å².